The van der Waals surface area contributed by atoms with Crippen LogP contribution < -0.4 is 14.8 Å². The third-order valence-electron chi connectivity index (χ3n) is 3.16. The van der Waals surface area contributed by atoms with E-state index >= 15 is 0 Å². The number of nitrogens with zero attached hydrogens (tertiary/aromatic N) is 1. The van der Waals surface area contributed by atoms with Gasteiger partial charge in [-0.1, -0.05) is 0 Å². The zero-order valence-corrected chi connectivity index (χ0v) is 14.4. The summed E-state index contributed by atoms with van der Waals surface area (Å²) < 4.78 is 15.5. The average molecular weight is 336 g/mol. The fourth-order valence-electron chi connectivity index (χ4n) is 2.07. The van der Waals surface area contributed by atoms with Gasteiger partial charge in [0.05, 0.1) is 20.8 Å². The Morgan fingerprint density at radius 2 is 2.00 bits per heavy atom. The molecular formula is C16H20N2O4S. The monoisotopic (exact) mass is 336 g/mol. The van der Waals surface area contributed by atoms with E-state index in [-0.39, 0.29) is 11.9 Å². The summed E-state index contributed by atoms with van der Waals surface area (Å²) in [6.07, 6.45) is 0. The van der Waals surface area contributed by atoms with Gasteiger partial charge in [0.2, 0.25) is 0 Å². The van der Waals surface area contributed by atoms with Crippen LogP contribution in [0.15, 0.2) is 23.6 Å². The van der Waals surface area contributed by atoms with Crippen LogP contribution in [-0.4, -0.2) is 44.9 Å². The van der Waals surface area contributed by atoms with Crippen molar-refractivity contribution in [1.29, 1.82) is 0 Å². The van der Waals surface area contributed by atoms with Crippen molar-refractivity contribution in [2.24, 2.45) is 0 Å². The second-order valence-corrected chi connectivity index (χ2v) is 5.80. The summed E-state index contributed by atoms with van der Waals surface area (Å²) in [5, 5.41) is 5.32. The molecule has 1 N–H and O–H groups in total. The topological polar surface area (TPSA) is 69.7 Å². The summed E-state index contributed by atoms with van der Waals surface area (Å²) >= 11 is 1.40. The number of hydrogen-bond acceptors (Lipinski definition) is 6. The molecule has 0 radical (unpaired) electrons. The van der Waals surface area contributed by atoms with Gasteiger partial charge in [0, 0.05) is 24.1 Å². The molecule has 0 unspecified atom stereocenters. The molecule has 0 aliphatic heterocycles. The van der Waals surface area contributed by atoms with Gasteiger partial charge in [0.15, 0.2) is 11.5 Å². The zero-order valence-electron chi connectivity index (χ0n) is 13.6. The molecule has 0 saturated carbocycles. The highest BCUT2D eigenvalue weighted by atomic mass is 32.1. The molecule has 1 heterocycles. The van der Waals surface area contributed by atoms with Crippen LogP contribution in [0, 0.1) is 0 Å². The summed E-state index contributed by atoms with van der Waals surface area (Å²) in [6, 6.07) is 5.47. The summed E-state index contributed by atoms with van der Waals surface area (Å²) in [5.74, 6) is 1.07. The Balaban J connectivity index is 2.17. The van der Waals surface area contributed by atoms with Gasteiger partial charge in [-0.3, -0.25) is 4.79 Å². The van der Waals surface area contributed by atoms with Gasteiger partial charge in [0.25, 0.3) is 5.91 Å². The van der Waals surface area contributed by atoms with Gasteiger partial charge < -0.3 is 19.5 Å². The number of benzene rings is 1. The summed E-state index contributed by atoms with van der Waals surface area (Å²) in [7, 11) is 4.77. The Kier molecular flexibility index (Phi) is 5.95. The van der Waals surface area contributed by atoms with Crippen molar-refractivity contribution in [2.45, 2.75) is 13.0 Å². The normalized spacial score (nSPS) is 11.8. The summed E-state index contributed by atoms with van der Waals surface area (Å²) in [5.41, 5.74) is 1.26. The van der Waals surface area contributed by atoms with Crippen LogP contribution in [-0.2, 0) is 4.74 Å². The van der Waals surface area contributed by atoms with Gasteiger partial charge in [-0.05, 0) is 25.1 Å². The Morgan fingerprint density at radius 3 is 2.65 bits per heavy atom. The number of carbonyl (C=O) groups excluding carboxylic acids is 1. The van der Waals surface area contributed by atoms with E-state index in [4.69, 9.17) is 14.2 Å². The first-order valence-corrected chi connectivity index (χ1v) is 7.94. The smallest absolute Gasteiger partial charge is 0.271 e. The second-order valence-electron chi connectivity index (χ2n) is 4.94. The van der Waals surface area contributed by atoms with Crippen molar-refractivity contribution in [3.05, 3.63) is 29.3 Å². The van der Waals surface area contributed by atoms with Gasteiger partial charge in [-0.25, -0.2) is 4.98 Å². The van der Waals surface area contributed by atoms with E-state index in [1.165, 1.54) is 11.3 Å². The summed E-state index contributed by atoms with van der Waals surface area (Å²) in [4.78, 5) is 16.5. The van der Waals surface area contributed by atoms with E-state index < -0.39 is 0 Å². The maximum absolute atomic E-state index is 12.1. The minimum atomic E-state index is -0.211. The van der Waals surface area contributed by atoms with Gasteiger partial charge in [0.1, 0.15) is 10.7 Å². The fourth-order valence-corrected chi connectivity index (χ4v) is 2.87. The van der Waals surface area contributed by atoms with Crippen LogP contribution in [0.5, 0.6) is 11.5 Å². The first-order chi connectivity index (χ1) is 11.1. The maximum atomic E-state index is 12.1. The van der Waals surface area contributed by atoms with Crippen molar-refractivity contribution >= 4 is 17.2 Å². The average Bonchev–Trinajstić information content (AvgIpc) is 3.04. The molecular weight excluding hydrogens is 316 g/mol. The van der Waals surface area contributed by atoms with E-state index in [1.54, 1.807) is 26.7 Å². The van der Waals surface area contributed by atoms with Crippen LogP contribution in [0.3, 0.4) is 0 Å². The molecule has 1 amide bonds. The number of thiazole rings is 1. The lowest BCUT2D eigenvalue weighted by Gasteiger charge is -2.11. The largest absolute Gasteiger partial charge is 0.493 e. The second kappa shape index (κ2) is 7.94. The molecule has 0 fully saturated rings. The number of methoxy groups -OCH3 is 3. The molecule has 1 atom stereocenters. The lowest BCUT2D eigenvalue weighted by atomic mass is 10.2. The fraction of sp³-hybridized carbons (Fsp3) is 0.375. The maximum Gasteiger partial charge on any atom is 0.271 e. The standard InChI is InChI=1S/C16H20N2O4S/c1-10(8-20-2)17-15(19)12-9-23-16(18-12)11-5-6-13(21-3)14(7-11)22-4/h5-7,9-10H,8H2,1-4H3,(H,17,19)/t10-/m1/s1. The van der Waals surface area contributed by atoms with Crippen LogP contribution in [0.2, 0.25) is 0 Å². The highest BCUT2D eigenvalue weighted by Crippen LogP contribution is 2.33. The van der Waals surface area contributed by atoms with Crippen molar-refractivity contribution < 1.29 is 19.0 Å². The van der Waals surface area contributed by atoms with Crippen molar-refractivity contribution in [2.75, 3.05) is 27.9 Å². The number of ether oxygens (including phenoxy) is 3. The molecule has 0 saturated heterocycles. The quantitative estimate of drug-likeness (QED) is 0.841. The minimum Gasteiger partial charge on any atom is -0.493 e. The van der Waals surface area contributed by atoms with Crippen LogP contribution >= 0.6 is 11.3 Å². The molecule has 0 aliphatic carbocycles. The lowest BCUT2D eigenvalue weighted by molar-refractivity contribution is 0.0901. The molecule has 23 heavy (non-hydrogen) atoms. The number of nitrogens with one attached hydrogen (secondary N) is 1. The molecule has 1 aromatic carbocycles. The molecule has 0 spiro atoms. The van der Waals surface area contributed by atoms with E-state index in [9.17, 15) is 4.79 Å². The molecule has 1 aromatic heterocycles. The molecule has 0 aliphatic rings. The molecule has 7 heteroatoms. The molecule has 6 nitrogen and oxygen atoms in total. The Hall–Kier alpha value is -2.12. The number of rotatable bonds is 7. The molecule has 2 aromatic rings. The zero-order chi connectivity index (χ0) is 16.8. The number of amides is 1. The van der Waals surface area contributed by atoms with Crippen LogP contribution in [0.25, 0.3) is 10.6 Å². The van der Waals surface area contributed by atoms with E-state index in [2.05, 4.69) is 10.3 Å². The first-order valence-electron chi connectivity index (χ1n) is 7.06. The van der Waals surface area contributed by atoms with Gasteiger partial charge in [-0.2, -0.15) is 0 Å². The predicted molar refractivity (Wildman–Crippen MR) is 89.5 cm³/mol. The Labute approximate surface area is 139 Å². The molecule has 2 rings (SSSR count). The number of carbonyl (C=O) groups is 1. The predicted octanol–water partition coefficient (Wildman–Crippen LogP) is 2.59. The molecule has 124 valence electrons. The van der Waals surface area contributed by atoms with Crippen LogP contribution in [0.1, 0.15) is 17.4 Å². The first kappa shape index (κ1) is 17.2. The summed E-state index contributed by atoms with van der Waals surface area (Å²) in [6.45, 7) is 2.33. The highest BCUT2D eigenvalue weighted by Gasteiger charge is 2.15. The van der Waals surface area contributed by atoms with E-state index in [1.807, 2.05) is 25.1 Å². The highest BCUT2D eigenvalue weighted by molar-refractivity contribution is 7.13. The van der Waals surface area contributed by atoms with Gasteiger partial charge >= 0.3 is 0 Å². The van der Waals surface area contributed by atoms with Crippen molar-refractivity contribution in [1.82, 2.24) is 10.3 Å². The minimum absolute atomic E-state index is 0.0706. The third kappa shape index (κ3) is 4.20. The molecule has 0 bridgehead atoms. The van der Waals surface area contributed by atoms with Gasteiger partial charge in [-0.15, -0.1) is 11.3 Å². The van der Waals surface area contributed by atoms with E-state index in [0.29, 0.717) is 23.8 Å². The van der Waals surface area contributed by atoms with Crippen molar-refractivity contribution in [3.8, 4) is 22.1 Å². The van der Waals surface area contributed by atoms with Crippen LogP contribution in [0.4, 0.5) is 0 Å². The number of hydrogen-bond donors (Lipinski definition) is 1. The van der Waals surface area contributed by atoms with E-state index in [0.717, 1.165) is 10.6 Å². The van der Waals surface area contributed by atoms with Crippen molar-refractivity contribution in [3.63, 3.8) is 0 Å². The Morgan fingerprint density at radius 1 is 1.26 bits per heavy atom. The Bertz CT molecular complexity index is 672. The SMILES string of the molecule is COC[C@@H](C)NC(=O)c1csc(-c2ccc(OC)c(OC)c2)n1. The lowest BCUT2D eigenvalue weighted by Crippen LogP contribution is -2.35. The third-order valence-corrected chi connectivity index (χ3v) is 4.05. The number of aromatic nitrogens is 1.